The van der Waals surface area contributed by atoms with Gasteiger partial charge in [-0.2, -0.15) is 0 Å². The van der Waals surface area contributed by atoms with Gasteiger partial charge < -0.3 is 29.6 Å². The topological polar surface area (TPSA) is 73.3 Å². The van der Waals surface area contributed by atoms with Crippen LogP contribution in [0.15, 0.2) is 41.4 Å². The maximum atomic E-state index is 5.56. The van der Waals surface area contributed by atoms with E-state index in [1.54, 1.807) is 21.3 Å². The molecule has 28 heavy (non-hydrogen) atoms. The van der Waals surface area contributed by atoms with Crippen LogP contribution >= 0.6 is 0 Å². The average Bonchev–Trinajstić information content (AvgIpc) is 2.72. The highest BCUT2D eigenvalue weighted by molar-refractivity contribution is 5.94. The summed E-state index contributed by atoms with van der Waals surface area (Å²) in [5, 5.41) is 6.53. The predicted molar refractivity (Wildman–Crippen MR) is 112 cm³/mol. The van der Waals surface area contributed by atoms with Gasteiger partial charge in [0.05, 0.1) is 34.5 Å². The third-order valence-electron chi connectivity index (χ3n) is 3.96. The van der Waals surface area contributed by atoms with Crippen LogP contribution in [-0.4, -0.2) is 40.4 Å². The Balaban J connectivity index is 2.22. The molecule has 152 valence electrons. The highest BCUT2D eigenvalue weighted by atomic mass is 16.5. The van der Waals surface area contributed by atoms with E-state index in [0.29, 0.717) is 42.1 Å². The second-order valence-corrected chi connectivity index (χ2v) is 5.77. The van der Waals surface area contributed by atoms with Crippen LogP contribution in [0.25, 0.3) is 0 Å². The fraction of sp³-hybridized carbons (Fsp3) is 0.381. The van der Waals surface area contributed by atoms with Gasteiger partial charge in [-0.1, -0.05) is 12.1 Å². The van der Waals surface area contributed by atoms with Crippen LogP contribution in [0.1, 0.15) is 19.4 Å². The van der Waals surface area contributed by atoms with Crippen molar-refractivity contribution in [2.45, 2.75) is 20.4 Å². The second-order valence-electron chi connectivity index (χ2n) is 5.77. The molecule has 0 amide bonds. The molecule has 0 saturated carbocycles. The molecule has 0 radical (unpaired) electrons. The lowest BCUT2D eigenvalue weighted by Gasteiger charge is -2.15. The van der Waals surface area contributed by atoms with Crippen molar-refractivity contribution in [2.75, 3.05) is 39.8 Å². The summed E-state index contributed by atoms with van der Waals surface area (Å²) >= 11 is 0. The van der Waals surface area contributed by atoms with Gasteiger partial charge in [0, 0.05) is 23.9 Å². The van der Waals surface area contributed by atoms with Gasteiger partial charge in [-0.3, -0.25) is 0 Å². The molecule has 0 fully saturated rings. The summed E-state index contributed by atoms with van der Waals surface area (Å²) in [5.41, 5.74) is 1.78. The number of nitrogens with zero attached hydrogens (tertiary/aromatic N) is 1. The third kappa shape index (κ3) is 5.45. The lowest BCUT2D eigenvalue weighted by atomic mass is 10.2. The Morgan fingerprint density at radius 2 is 1.71 bits per heavy atom. The number of nitrogens with one attached hydrogen (secondary N) is 2. The van der Waals surface area contributed by atoms with Crippen molar-refractivity contribution < 1.29 is 18.9 Å². The normalized spacial score (nSPS) is 11.0. The number of hydrogen-bond acceptors (Lipinski definition) is 5. The maximum Gasteiger partial charge on any atom is 0.196 e. The van der Waals surface area contributed by atoms with E-state index < -0.39 is 0 Å². The number of benzene rings is 2. The molecule has 0 aliphatic carbocycles. The van der Waals surface area contributed by atoms with Crippen LogP contribution in [0.5, 0.6) is 23.0 Å². The molecular formula is C21H29N3O4. The van der Waals surface area contributed by atoms with Gasteiger partial charge in [0.25, 0.3) is 0 Å². The Kier molecular flexibility index (Phi) is 8.27. The van der Waals surface area contributed by atoms with E-state index in [2.05, 4.69) is 15.6 Å². The first-order chi connectivity index (χ1) is 13.7. The lowest BCUT2D eigenvalue weighted by Crippen LogP contribution is -2.30. The molecule has 0 unspecified atom stereocenters. The maximum absolute atomic E-state index is 5.56. The minimum Gasteiger partial charge on any atom is -0.493 e. The predicted octanol–water partition coefficient (Wildman–Crippen LogP) is 3.69. The van der Waals surface area contributed by atoms with E-state index in [4.69, 9.17) is 18.9 Å². The number of methoxy groups -OCH3 is 3. The van der Waals surface area contributed by atoms with Gasteiger partial charge in [-0.25, -0.2) is 4.99 Å². The molecule has 0 aromatic heterocycles. The van der Waals surface area contributed by atoms with E-state index in [1.165, 1.54) is 0 Å². The van der Waals surface area contributed by atoms with Crippen molar-refractivity contribution in [3.05, 3.63) is 42.0 Å². The molecule has 0 bridgehead atoms. The second kappa shape index (κ2) is 10.9. The van der Waals surface area contributed by atoms with Crippen molar-refractivity contribution in [1.29, 1.82) is 0 Å². The van der Waals surface area contributed by atoms with Gasteiger partial charge >= 0.3 is 0 Å². The van der Waals surface area contributed by atoms with Crippen LogP contribution in [0.3, 0.4) is 0 Å². The zero-order valence-electron chi connectivity index (χ0n) is 17.2. The summed E-state index contributed by atoms with van der Waals surface area (Å²) in [7, 11) is 4.87. The molecule has 0 aliphatic rings. The summed E-state index contributed by atoms with van der Waals surface area (Å²) in [5.74, 6) is 3.39. The van der Waals surface area contributed by atoms with Crippen molar-refractivity contribution in [3.8, 4) is 23.0 Å². The summed E-state index contributed by atoms with van der Waals surface area (Å²) in [6.07, 6.45) is 0. The van der Waals surface area contributed by atoms with E-state index in [-0.39, 0.29) is 0 Å². The summed E-state index contributed by atoms with van der Waals surface area (Å²) in [6.45, 7) is 5.70. The first kappa shape index (κ1) is 21.2. The zero-order valence-corrected chi connectivity index (χ0v) is 17.2. The van der Waals surface area contributed by atoms with Crippen LogP contribution < -0.4 is 29.6 Å². The van der Waals surface area contributed by atoms with E-state index in [9.17, 15) is 0 Å². The van der Waals surface area contributed by atoms with Crippen LogP contribution in [0.2, 0.25) is 0 Å². The SMILES string of the molecule is CCNC(=NCc1cccc(OC)c1OC)Nc1ccc(OCC)c(OC)c1. The van der Waals surface area contributed by atoms with Crippen LogP contribution in [0.4, 0.5) is 5.69 Å². The molecule has 7 heteroatoms. The summed E-state index contributed by atoms with van der Waals surface area (Å²) in [4.78, 5) is 4.66. The van der Waals surface area contributed by atoms with Gasteiger partial charge in [0.2, 0.25) is 0 Å². The molecule has 0 spiro atoms. The van der Waals surface area contributed by atoms with Crippen molar-refractivity contribution in [2.24, 2.45) is 4.99 Å². The standard InChI is InChI=1S/C21H29N3O4/c1-6-22-21(23-14-15-9-8-10-18(25-3)20(15)27-5)24-16-11-12-17(28-7-2)19(13-16)26-4/h8-13H,6-7,14H2,1-5H3,(H2,22,23,24). The summed E-state index contributed by atoms with van der Waals surface area (Å²) in [6, 6.07) is 11.4. The number of hydrogen-bond donors (Lipinski definition) is 2. The molecule has 7 nitrogen and oxygen atoms in total. The molecule has 0 saturated heterocycles. The Hall–Kier alpha value is -3.09. The quantitative estimate of drug-likeness (QED) is 0.505. The number of guanidine groups is 1. The number of aliphatic imine (C=N–C) groups is 1. The first-order valence-electron chi connectivity index (χ1n) is 9.22. The van der Waals surface area contributed by atoms with Crippen molar-refractivity contribution in [1.82, 2.24) is 5.32 Å². The fourth-order valence-corrected chi connectivity index (χ4v) is 2.71. The number of para-hydroxylation sites is 1. The zero-order chi connectivity index (χ0) is 20.4. The monoisotopic (exact) mass is 387 g/mol. The van der Waals surface area contributed by atoms with Crippen LogP contribution in [-0.2, 0) is 6.54 Å². The Morgan fingerprint density at radius 1 is 0.929 bits per heavy atom. The van der Waals surface area contributed by atoms with Gasteiger partial charge in [-0.15, -0.1) is 0 Å². The lowest BCUT2D eigenvalue weighted by molar-refractivity contribution is 0.311. The van der Waals surface area contributed by atoms with E-state index in [1.807, 2.05) is 50.2 Å². The molecule has 2 N–H and O–H groups in total. The van der Waals surface area contributed by atoms with Crippen molar-refractivity contribution in [3.63, 3.8) is 0 Å². The minimum absolute atomic E-state index is 0.434. The summed E-state index contributed by atoms with van der Waals surface area (Å²) < 4.78 is 21.8. The van der Waals surface area contributed by atoms with E-state index in [0.717, 1.165) is 17.8 Å². The minimum atomic E-state index is 0.434. The number of rotatable bonds is 9. The Bertz CT molecular complexity index is 793. The molecule has 2 aromatic carbocycles. The third-order valence-corrected chi connectivity index (χ3v) is 3.96. The van der Waals surface area contributed by atoms with E-state index >= 15 is 0 Å². The highest BCUT2D eigenvalue weighted by Gasteiger charge is 2.10. The van der Waals surface area contributed by atoms with Crippen LogP contribution in [0, 0.1) is 0 Å². The molecule has 0 atom stereocenters. The fourth-order valence-electron chi connectivity index (χ4n) is 2.71. The molecular weight excluding hydrogens is 358 g/mol. The number of anilines is 1. The highest BCUT2D eigenvalue weighted by Crippen LogP contribution is 2.32. The average molecular weight is 387 g/mol. The molecule has 2 aromatic rings. The molecule has 0 heterocycles. The first-order valence-corrected chi connectivity index (χ1v) is 9.22. The largest absolute Gasteiger partial charge is 0.493 e. The Labute approximate surface area is 166 Å². The molecule has 0 aliphatic heterocycles. The Morgan fingerprint density at radius 3 is 2.36 bits per heavy atom. The molecule has 2 rings (SSSR count). The van der Waals surface area contributed by atoms with Gasteiger partial charge in [0.1, 0.15) is 0 Å². The number of ether oxygens (including phenoxy) is 4. The smallest absolute Gasteiger partial charge is 0.196 e. The van der Waals surface area contributed by atoms with Gasteiger partial charge in [-0.05, 0) is 32.0 Å². The van der Waals surface area contributed by atoms with Gasteiger partial charge in [0.15, 0.2) is 29.0 Å². The van der Waals surface area contributed by atoms with Crippen molar-refractivity contribution >= 4 is 11.6 Å².